The number of halogens is 1. The molecule has 1 aliphatic rings. The van der Waals surface area contributed by atoms with Gasteiger partial charge in [0.1, 0.15) is 16.5 Å². The monoisotopic (exact) mass is 485 g/mol. The molecule has 0 amide bonds. The van der Waals surface area contributed by atoms with E-state index in [4.69, 9.17) is 9.72 Å². The molecular formula is C25H32ClN5O3. The largest absolute Gasteiger partial charge is 0.378 e. The topological polar surface area (TPSA) is 116 Å². The van der Waals surface area contributed by atoms with Crippen LogP contribution in [0.25, 0.3) is 12.2 Å². The van der Waals surface area contributed by atoms with Crippen molar-refractivity contribution in [2.24, 2.45) is 0 Å². The number of nitrogens with zero attached hydrogens (tertiary/aromatic N) is 1. The van der Waals surface area contributed by atoms with Crippen molar-refractivity contribution < 1.29 is 4.74 Å². The minimum atomic E-state index is -0.370. The number of nitrogens with one attached hydrogen (secondary N) is 4. The van der Waals surface area contributed by atoms with E-state index in [1.54, 1.807) is 12.2 Å². The number of hydrogen-bond donors (Lipinski definition) is 4. The number of ether oxygens (including phenoxy) is 1. The van der Waals surface area contributed by atoms with E-state index in [9.17, 15) is 9.59 Å². The van der Waals surface area contributed by atoms with Gasteiger partial charge in [-0.1, -0.05) is 51.1 Å². The molecule has 9 heteroatoms. The molecule has 1 aliphatic heterocycles. The third-order valence-electron chi connectivity index (χ3n) is 5.96. The fraction of sp³-hybridized carbons (Fsp3) is 0.400. The highest BCUT2D eigenvalue weighted by Crippen LogP contribution is 2.26. The van der Waals surface area contributed by atoms with Crippen LogP contribution in [0, 0.1) is 0 Å². The zero-order valence-corrected chi connectivity index (χ0v) is 20.5. The minimum absolute atomic E-state index is 0. The Morgan fingerprint density at radius 2 is 1.74 bits per heavy atom. The van der Waals surface area contributed by atoms with Gasteiger partial charge in [0.25, 0.3) is 11.1 Å². The molecule has 2 aromatic heterocycles. The summed E-state index contributed by atoms with van der Waals surface area (Å²) in [6.07, 6.45) is 4.20. The Bertz CT molecular complexity index is 1320. The van der Waals surface area contributed by atoms with Gasteiger partial charge in [-0.05, 0) is 30.1 Å². The van der Waals surface area contributed by atoms with Gasteiger partial charge in [0.2, 0.25) is 0 Å². The van der Waals surface area contributed by atoms with E-state index in [1.807, 2.05) is 30.3 Å². The highest BCUT2D eigenvalue weighted by atomic mass is 35.5. The Morgan fingerprint density at radius 1 is 1.06 bits per heavy atom. The third kappa shape index (κ3) is 5.75. The molecule has 3 heterocycles. The van der Waals surface area contributed by atoms with Crippen LogP contribution >= 0.6 is 12.4 Å². The second kappa shape index (κ2) is 11.5. The van der Waals surface area contributed by atoms with Crippen LogP contribution in [0.2, 0.25) is 0 Å². The van der Waals surface area contributed by atoms with Gasteiger partial charge in [-0.25, -0.2) is 4.98 Å². The first-order chi connectivity index (χ1) is 16.0. The lowest BCUT2D eigenvalue weighted by Crippen LogP contribution is -2.46. The first-order valence-corrected chi connectivity index (χ1v) is 11.5. The van der Waals surface area contributed by atoms with E-state index in [2.05, 4.69) is 41.0 Å². The number of morpholine rings is 1. The van der Waals surface area contributed by atoms with Crippen LogP contribution in [0.1, 0.15) is 61.8 Å². The summed E-state index contributed by atoms with van der Waals surface area (Å²) in [6, 6.07) is 9.57. The molecule has 8 nitrogen and oxygen atoms in total. The lowest BCUT2D eigenvalue weighted by Gasteiger charge is -2.29. The number of hydrogen-bond acceptors (Lipinski definition) is 5. The number of H-pyrrole nitrogens is 3. The molecule has 2 unspecified atom stereocenters. The molecule has 34 heavy (non-hydrogen) atoms. The van der Waals surface area contributed by atoms with Crippen molar-refractivity contribution in [2.75, 3.05) is 19.8 Å². The van der Waals surface area contributed by atoms with Crippen LogP contribution in [-0.4, -0.2) is 45.7 Å². The first kappa shape index (κ1) is 25.7. The van der Waals surface area contributed by atoms with Crippen molar-refractivity contribution in [3.8, 4) is 0 Å². The second-order valence-corrected chi connectivity index (χ2v) is 8.66. The summed E-state index contributed by atoms with van der Waals surface area (Å²) in [6.45, 7) is 8.45. The molecule has 0 aliphatic carbocycles. The summed E-state index contributed by atoms with van der Waals surface area (Å²) < 4.78 is 5.65. The highest BCUT2D eigenvalue weighted by Gasteiger charge is 2.27. The van der Waals surface area contributed by atoms with Gasteiger partial charge in [-0.3, -0.25) is 9.59 Å². The van der Waals surface area contributed by atoms with Crippen LogP contribution in [0.4, 0.5) is 0 Å². The van der Waals surface area contributed by atoms with Crippen molar-refractivity contribution in [3.05, 3.63) is 84.5 Å². The zero-order chi connectivity index (χ0) is 23.4. The number of aromatic amines is 3. The Kier molecular flexibility index (Phi) is 8.66. The predicted molar refractivity (Wildman–Crippen MR) is 136 cm³/mol. The van der Waals surface area contributed by atoms with Gasteiger partial charge in [-0.2, -0.15) is 0 Å². The van der Waals surface area contributed by atoms with Gasteiger partial charge in [0, 0.05) is 24.2 Å². The Balaban J connectivity index is 0.00000324. The van der Waals surface area contributed by atoms with E-state index in [-0.39, 0.29) is 52.1 Å². The second-order valence-electron chi connectivity index (χ2n) is 8.66. The standard InChI is InChI=1S/C25H31N5O3.ClH/c1-4-17(21-14-33-11-10-26-21)23-27-18(22(30-23)15(2)3)13-20-25(32)28-19(24(31)29-20)12-16-8-6-5-7-9-16;/h5-9,12-13,15,17,21,26H,4,10-11,14H2,1-3H3,(H,27,30)(H,28,32)(H,29,31);1H. The molecule has 3 aromatic rings. The van der Waals surface area contributed by atoms with Crippen molar-refractivity contribution in [3.63, 3.8) is 0 Å². The normalized spacial score (nSPS) is 18.2. The molecule has 2 atom stereocenters. The van der Waals surface area contributed by atoms with Crippen LogP contribution in [0.3, 0.4) is 0 Å². The highest BCUT2D eigenvalue weighted by molar-refractivity contribution is 5.85. The molecule has 1 aromatic carbocycles. The van der Waals surface area contributed by atoms with Crippen LogP contribution in [0.15, 0.2) is 39.9 Å². The number of benzene rings is 1. The quantitative estimate of drug-likeness (QED) is 0.422. The Morgan fingerprint density at radius 3 is 2.32 bits per heavy atom. The van der Waals surface area contributed by atoms with E-state index in [1.165, 1.54) is 0 Å². The van der Waals surface area contributed by atoms with Crippen LogP contribution in [0.5, 0.6) is 0 Å². The van der Waals surface area contributed by atoms with E-state index < -0.39 is 0 Å². The molecular weight excluding hydrogens is 454 g/mol. The molecule has 182 valence electrons. The predicted octanol–water partition coefficient (Wildman–Crippen LogP) is 1.47. The SMILES string of the molecule is CCC(c1nc(C=c2[nH]c(=O)c(=Cc3ccccc3)[nH]c2=O)c(C(C)C)[nH]1)C1COCCN1.Cl. The average Bonchev–Trinajstić information content (AvgIpc) is 3.23. The minimum Gasteiger partial charge on any atom is -0.378 e. The molecule has 1 saturated heterocycles. The number of rotatable bonds is 6. The molecule has 0 spiro atoms. The summed E-state index contributed by atoms with van der Waals surface area (Å²) in [5.74, 6) is 1.19. The van der Waals surface area contributed by atoms with E-state index in [0.29, 0.717) is 12.3 Å². The number of imidazole rings is 1. The Hall–Kier alpha value is -2.94. The molecule has 0 bridgehead atoms. The summed E-state index contributed by atoms with van der Waals surface area (Å²) in [4.78, 5) is 39.2. The summed E-state index contributed by atoms with van der Waals surface area (Å²) in [7, 11) is 0. The van der Waals surface area contributed by atoms with Gasteiger partial charge in [-0.15, -0.1) is 12.4 Å². The van der Waals surface area contributed by atoms with E-state index >= 15 is 0 Å². The van der Waals surface area contributed by atoms with Gasteiger partial charge in [0.15, 0.2) is 0 Å². The lowest BCUT2D eigenvalue weighted by atomic mass is 9.96. The summed E-state index contributed by atoms with van der Waals surface area (Å²) >= 11 is 0. The maximum absolute atomic E-state index is 12.8. The Labute approximate surface area is 204 Å². The smallest absolute Gasteiger partial charge is 0.272 e. The average molecular weight is 486 g/mol. The van der Waals surface area contributed by atoms with Gasteiger partial charge in [0.05, 0.1) is 18.9 Å². The van der Waals surface area contributed by atoms with Crippen molar-refractivity contribution in [1.29, 1.82) is 0 Å². The first-order valence-electron chi connectivity index (χ1n) is 11.5. The zero-order valence-electron chi connectivity index (χ0n) is 19.7. The lowest BCUT2D eigenvalue weighted by molar-refractivity contribution is 0.0664. The maximum atomic E-state index is 12.8. The van der Waals surface area contributed by atoms with Crippen molar-refractivity contribution >= 4 is 24.6 Å². The van der Waals surface area contributed by atoms with Crippen molar-refractivity contribution in [2.45, 2.75) is 45.1 Å². The molecule has 1 fully saturated rings. The summed E-state index contributed by atoms with van der Waals surface area (Å²) in [5, 5.41) is 3.91. The maximum Gasteiger partial charge on any atom is 0.272 e. The molecule has 0 saturated carbocycles. The van der Waals surface area contributed by atoms with E-state index in [0.717, 1.165) is 36.7 Å². The molecule has 4 rings (SSSR count). The fourth-order valence-corrected chi connectivity index (χ4v) is 4.21. The van der Waals surface area contributed by atoms with Crippen LogP contribution in [-0.2, 0) is 4.74 Å². The molecule has 0 radical (unpaired) electrons. The summed E-state index contributed by atoms with van der Waals surface area (Å²) in [5.41, 5.74) is 1.70. The molecule has 4 N–H and O–H groups in total. The number of aromatic nitrogens is 4. The van der Waals surface area contributed by atoms with Gasteiger partial charge < -0.3 is 25.0 Å². The fourth-order valence-electron chi connectivity index (χ4n) is 4.21. The third-order valence-corrected chi connectivity index (χ3v) is 5.96. The van der Waals surface area contributed by atoms with Crippen molar-refractivity contribution in [1.82, 2.24) is 25.3 Å². The van der Waals surface area contributed by atoms with Crippen LogP contribution < -0.4 is 27.1 Å². The van der Waals surface area contributed by atoms with Gasteiger partial charge >= 0.3 is 0 Å².